The number of carbonyl (C=O) groups is 1. The molecule has 1 aliphatic heterocycles. The number of pyridine rings is 1. The van der Waals surface area contributed by atoms with Gasteiger partial charge in [-0.15, -0.1) is 0 Å². The third-order valence-electron chi connectivity index (χ3n) is 4.38. The number of anilines is 1. The average molecular weight is 326 g/mol. The van der Waals surface area contributed by atoms with E-state index in [1.165, 1.54) is 10.5 Å². The van der Waals surface area contributed by atoms with Crippen LogP contribution >= 0.6 is 0 Å². The first kappa shape index (κ1) is 16.3. The first-order chi connectivity index (χ1) is 11.6. The van der Waals surface area contributed by atoms with Crippen LogP contribution in [-0.2, 0) is 6.42 Å². The van der Waals surface area contributed by atoms with Crippen LogP contribution < -0.4 is 5.73 Å². The monoisotopic (exact) mass is 326 g/mol. The summed E-state index contributed by atoms with van der Waals surface area (Å²) in [7, 11) is 0. The van der Waals surface area contributed by atoms with Crippen LogP contribution in [0.1, 0.15) is 5.56 Å². The van der Waals surface area contributed by atoms with Gasteiger partial charge in [-0.2, -0.15) is 0 Å². The van der Waals surface area contributed by atoms with E-state index in [1.54, 1.807) is 6.07 Å². The molecule has 1 saturated heterocycles. The molecule has 3 rings (SSSR count). The highest BCUT2D eigenvalue weighted by atomic mass is 16.4. The number of carboxylic acid groups (broad SMARTS) is 1. The van der Waals surface area contributed by atoms with Gasteiger partial charge in [0.25, 0.3) is 0 Å². The summed E-state index contributed by atoms with van der Waals surface area (Å²) >= 11 is 0. The number of aromatic nitrogens is 1. The molecule has 1 aromatic carbocycles. The highest BCUT2D eigenvalue weighted by Crippen LogP contribution is 2.19. The van der Waals surface area contributed by atoms with Crippen molar-refractivity contribution in [2.75, 3.05) is 38.5 Å². The van der Waals surface area contributed by atoms with Crippen molar-refractivity contribution < 1.29 is 9.90 Å². The molecule has 1 amide bonds. The quantitative estimate of drug-likeness (QED) is 0.900. The van der Waals surface area contributed by atoms with Gasteiger partial charge in [0.05, 0.1) is 5.69 Å². The third-order valence-corrected chi connectivity index (χ3v) is 4.38. The fourth-order valence-corrected chi connectivity index (χ4v) is 2.90. The normalized spacial score (nSPS) is 15.4. The van der Waals surface area contributed by atoms with Crippen molar-refractivity contribution in [3.8, 4) is 11.3 Å². The van der Waals surface area contributed by atoms with Gasteiger partial charge in [-0.05, 0) is 24.1 Å². The van der Waals surface area contributed by atoms with Crippen LogP contribution in [0.3, 0.4) is 0 Å². The van der Waals surface area contributed by atoms with E-state index in [9.17, 15) is 4.79 Å². The summed E-state index contributed by atoms with van der Waals surface area (Å²) in [6.07, 6.45) is 0.137. The minimum absolute atomic E-state index is 0.525. The van der Waals surface area contributed by atoms with Crippen molar-refractivity contribution in [3.05, 3.63) is 48.0 Å². The highest BCUT2D eigenvalue weighted by molar-refractivity contribution is 5.65. The van der Waals surface area contributed by atoms with Crippen molar-refractivity contribution in [1.29, 1.82) is 0 Å². The van der Waals surface area contributed by atoms with Crippen molar-refractivity contribution >= 4 is 11.9 Å². The van der Waals surface area contributed by atoms with E-state index < -0.39 is 6.09 Å². The van der Waals surface area contributed by atoms with Gasteiger partial charge in [0.1, 0.15) is 5.82 Å². The Labute approximate surface area is 141 Å². The Balaban J connectivity index is 1.53. The van der Waals surface area contributed by atoms with Crippen LogP contribution in [0.5, 0.6) is 0 Å². The van der Waals surface area contributed by atoms with Crippen LogP contribution in [0.2, 0.25) is 0 Å². The van der Waals surface area contributed by atoms with Gasteiger partial charge < -0.3 is 15.7 Å². The minimum atomic E-state index is -0.819. The SMILES string of the molecule is Nc1cccc(-c2ccc(CCN3CCN(C(=O)O)CC3)cc2)n1. The second-order valence-electron chi connectivity index (χ2n) is 6.01. The zero-order chi connectivity index (χ0) is 16.9. The van der Waals surface area contributed by atoms with Crippen molar-refractivity contribution in [3.63, 3.8) is 0 Å². The van der Waals surface area contributed by atoms with Crippen molar-refractivity contribution in [1.82, 2.24) is 14.8 Å². The second kappa shape index (κ2) is 7.31. The van der Waals surface area contributed by atoms with Gasteiger partial charge in [0.15, 0.2) is 0 Å². The van der Waals surface area contributed by atoms with Crippen LogP contribution in [0, 0.1) is 0 Å². The topological polar surface area (TPSA) is 82.7 Å². The van der Waals surface area contributed by atoms with E-state index in [4.69, 9.17) is 10.8 Å². The standard InChI is InChI=1S/C18H22N4O2/c19-17-3-1-2-16(20-17)15-6-4-14(5-7-15)8-9-21-10-12-22(13-11-21)18(23)24/h1-7H,8-13H2,(H2,19,20)(H,23,24). The Bertz CT molecular complexity index is 694. The zero-order valence-electron chi connectivity index (χ0n) is 13.6. The second-order valence-corrected chi connectivity index (χ2v) is 6.01. The summed E-state index contributed by atoms with van der Waals surface area (Å²) < 4.78 is 0. The van der Waals surface area contributed by atoms with E-state index in [0.29, 0.717) is 18.9 Å². The van der Waals surface area contributed by atoms with Gasteiger partial charge in [-0.3, -0.25) is 4.90 Å². The van der Waals surface area contributed by atoms with Gasteiger partial charge in [-0.25, -0.2) is 9.78 Å². The lowest BCUT2D eigenvalue weighted by atomic mass is 10.1. The fraction of sp³-hybridized carbons (Fsp3) is 0.333. The molecule has 3 N–H and O–H groups in total. The molecular formula is C18H22N4O2. The number of rotatable bonds is 4. The summed E-state index contributed by atoms with van der Waals surface area (Å²) in [6, 6.07) is 14.0. The van der Waals surface area contributed by atoms with Crippen LogP contribution in [0.15, 0.2) is 42.5 Å². The Morgan fingerprint density at radius 3 is 2.42 bits per heavy atom. The average Bonchev–Trinajstić information content (AvgIpc) is 2.61. The molecule has 0 radical (unpaired) electrons. The summed E-state index contributed by atoms with van der Waals surface area (Å²) in [5.74, 6) is 0.525. The molecule has 0 bridgehead atoms. The first-order valence-electron chi connectivity index (χ1n) is 8.14. The van der Waals surface area contributed by atoms with Crippen molar-refractivity contribution in [2.24, 2.45) is 0 Å². The maximum absolute atomic E-state index is 10.9. The fourth-order valence-electron chi connectivity index (χ4n) is 2.90. The van der Waals surface area contributed by atoms with Gasteiger partial charge in [0, 0.05) is 38.3 Å². The summed E-state index contributed by atoms with van der Waals surface area (Å²) in [5, 5.41) is 8.96. The van der Waals surface area contributed by atoms with Crippen LogP contribution in [0.25, 0.3) is 11.3 Å². The number of nitrogens with two attached hydrogens (primary N) is 1. The van der Waals surface area contributed by atoms with Gasteiger partial charge in [-0.1, -0.05) is 30.3 Å². The van der Waals surface area contributed by atoms with Gasteiger partial charge >= 0.3 is 6.09 Å². The maximum Gasteiger partial charge on any atom is 0.407 e. The molecule has 6 heteroatoms. The molecule has 1 aromatic heterocycles. The Morgan fingerprint density at radius 2 is 1.79 bits per heavy atom. The predicted molar refractivity (Wildman–Crippen MR) is 93.8 cm³/mol. The molecule has 0 spiro atoms. The minimum Gasteiger partial charge on any atom is -0.465 e. The number of nitrogens with zero attached hydrogens (tertiary/aromatic N) is 3. The summed E-state index contributed by atoms with van der Waals surface area (Å²) in [4.78, 5) is 19.0. The molecule has 1 fully saturated rings. The van der Waals surface area contributed by atoms with E-state index in [0.717, 1.165) is 37.3 Å². The van der Waals surface area contributed by atoms with Gasteiger partial charge in [0.2, 0.25) is 0 Å². The molecule has 126 valence electrons. The van der Waals surface area contributed by atoms with E-state index in [1.807, 2.05) is 12.1 Å². The number of hydrogen-bond acceptors (Lipinski definition) is 4. The molecule has 2 aromatic rings. The largest absolute Gasteiger partial charge is 0.465 e. The molecular weight excluding hydrogens is 304 g/mol. The zero-order valence-corrected chi connectivity index (χ0v) is 13.6. The molecule has 0 atom stereocenters. The summed E-state index contributed by atoms with van der Waals surface area (Å²) in [5.41, 5.74) is 8.93. The lowest BCUT2D eigenvalue weighted by molar-refractivity contribution is 0.106. The van der Waals surface area contributed by atoms with Crippen molar-refractivity contribution in [2.45, 2.75) is 6.42 Å². The molecule has 0 unspecified atom stereocenters. The van der Waals surface area contributed by atoms with E-state index >= 15 is 0 Å². The molecule has 24 heavy (non-hydrogen) atoms. The Morgan fingerprint density at radius 1 is 1.08 bits per heavy atom. The highest BCUT2D eigenvalue weighted by Gasteiger charge is 2.19. The number of amides is 1. The van der Waals surface area contributed by atoms with Crippen LogP contribution in [0.4, 0.5) is 10.6 Å². The molecule has 6 nitrogen and oxygen atoms in total. The molecule has 0 saturated carbocycles. The van der Waals surface area contributed by atoms with Crippen LogP contribution in [-0.4, -0.2) is 58.7 Å². The lowest BCUT2D eigenvalue weighted by Crippen LogP contribution is -2.48. The maximum atomic E-state index is 10.9. The number of benzene rings is 1. The van der Waals surface area contributed by atoms with E-state index in [2.05, 4.69) is 34.1 Å². The Kier molecular flexibility index (Phi) is 4.96. The number of nitrogen functional groups attached to an aromatic ring is 1. The molecule has 1 aliphatic rings. The lowest BCUT2D eigenvalue weighted by Gasteiger charge is -2.33. The summed E-state index contributed by atoms with van der Waals surface area (Å²) in [6.45, 7) is 3.74. The number of piperazine rings is 1. The third kappa shape index (κ3) is 4.02. The Hall–Kier alpha value is -2.60. The van der Waals surface area contributed by atoms with E-state index in [-0.39, 0.29) is 0 Å². The first-order valence-corrected chi connectivity index (χ1v) is 8.14. The molecule has 0 aliphatic carbocycles. The molecule has 2 heterocycles. The smallest absolute Gasteiger partial charge is 0.407 e. The number of hydrogen-bond donors (Lipinski definition) is 2. The predicted octanol–water partition coefficient (Wildman–Crippen LogP) is 2.17.